The van der Waals surface area contributed by atoms with Gasteiger partial charge in [0.1, 0.15) is 5.75 Å². The van der Waals surface area contributed by atoms with Crippen molar-refractivity contribution in [1.29, 1.82) is 0 Å². The molecule has 2 aromatic rings. The Bertz CT molecular complexity index is 543. The van der Waals surface area contributed by atoms with E-state index >= 15 is 0 Å². The standard InChI is InChI=1S/C13H12BrNO2S/c1-8-7-11(18-12(8)14)13(16)15-9-3-5-10(17-2)6-4-9/h3-7H,1-2H3,(H,15,16). The van der Waals surface area contributed by atoms with Crippen molar-refractivity contribution >= 4 is 38.9 Å². The minimum atomic E-state index is -0.0982. The molecular weight excluding hydrogens is 314 g/mol. The monoisotopic (exact) mass is 325 g/mol. The molecule has 0 aliphatic heterocycles. The second-order valence-corrected chi connectivity index (χ2v) is 6.12. The number of nitrogens with one attached hydrogen (secondary N) is 1. The predicted octanol–water partition coefficient (Wildman–Crippen LogP) is 4.08. The zero-order valence-corrected chi connectivity index (χ0v) is 12.4. The van der Waals surface area contributed by atoms with Gasteiger partial charge in [0.15, 0.2) is 0 Å². The van der Waals surface area contributed by atoms with E-state index in [1.54, 1.807) is 7.11 Å². The van der Waals surface area contributed by atoms with Crippen molar-refractivity contribution in [2.45, 2.75) is 6.92 Å². The number of carbonyl (C=O) groups excluding carboxylic acids is 1. The maximum absolute atomic E-state index is 12.0. The van der Waals surface area contributed by atoms with Crippen LogP contribution in [0.3, 0.4) is 0 Å². The van der Waals surface area contributed by atoms with Crippen molar-refractivity contribution in [2.75, 3.05) is 12.4 Å². The highest BCUT2D eigenvalue weighted by atomic mass is 79.9. The van der Waals surface area contributed by atoms with Crippen molar-refractivity contribution in [3.63, 3.8) is 0 Å². The molecule has 1 heterocycles. The number of anilines is 1. The third-order valence-corrected chi connectivity index (χ3v) is 4.56. The zero-order valence-electron chi connectivity index (χ0n) is 9.99. The van der Waals surface area contributed by atoms with Gasteiger partial charge in [0.2, 0.25) is 0 Å². The van der Waals surface area contributed by atoms with Gasteiger partial charge in [0.05, 0.1) is 15.8 Å². The quantitative estimate of drug-likeness (QED) is 0.923. The van der Waals surface area contributed by atoms with Crippen LogP contribution in [0, 0.1) is 6.92 Å². The average molecular weight is 326 g/mol. The topological polar surface area (TPSA) is 38.3 Å². The molecule has 1 amide bonds. The molecule has 2 rings (SSSR count). The van der Waals surface area contributed by atoms with Gasteiger partial charge < -0.3 is 10.1 Å². The first-order chi connectivity index (χ1) is 8.60. The SMILES string of the molecule is COc1ccc(NC(=O)c2cc(C)c(Br)s2)cc1. The maximum atomic E-state index is 12.0. The number of hydrogen-bond donors (Lipinski definition) is 1. The van der Waals surface area contributed by atoms with Crippen LogP contribution in [0.25, 0.3) is 0 Å². The summed E-state index contributed by atoms with van der Waals surface area (Å²) < 4.78 is 6.05. The predicted molar refractivity (Wildman–Crippen MR) is 77.7 cm³/mol. The third-order valence-electron chi connectivity index (χ3n) is 2.43. The van der Waals surface area contributed by atoms with E-state index in [-0.39, 0.29) is 5.91 Å². The Labute approximate surface area is 118 Å². The molecule has 0 radical (unpaired) electrons. The number of hydrogen-bond acceptors (Lipinski definition) is 3. The van der Waals surface area contributed by atoms with E-state index in [4.69, 9.17) is 4.74 Å². The number of benzene rings is 1. The molecule has 0 atom stereocenters. The Morgan fingerprint density at radius 2 is 2.00 bits per heavy atom. The van der Waals surface area contributed by atoms with Gasteiger partial charge in [-0.1, -0.05) is 0 Å². The number of amides is 1. The van der Waals surface area contributed by atoms with Crippen molar-refractivity contribution in [3.8, 4) is 5.75 Å². The molecule has 0 saturated carbocycles. The van der Waals surface area contributed by atoms with E-state index in [0.717, 1.165) is 20.8 Å². The zero-order chi connectivity index (χ0) is 13.1. The number of carbonyl (C=O) groups is 1. The van der Waals surface area contributed by atoms with E-state index in [1.165, 1.54) is 11.3 Å². The van der Waals surface area contributed by atoms with Crippen LogP contribution in [0.5, 0.6) is 5.75 Å². The van der Waals surface area contributed by atoms with Crippen molar-refractivity contribution in [1.82, 2.24) is 0 Å². The maximum Gasteiger partial charge on any atom is 0.265 e. The highest BCUT2D eigenvalue weighted by molar-refractivity contribution is 9.11. The molecular formula is C13H12BrNO2S. The van der Waals surface area contributed by atoms with E-state index in [2.05, 4.69) is 21.2 Å². The van der Waals surface area contributed by atoms with Gasteiger partial charge in [-0.2, -0.15) is 0 Å². The van der Waals surface area contributed by atoms with Gasteiger partial charge in [-0.3, -0.25) is 4.79 Å². The van der Waals surface area contributed by atoms with Gasteiger partial charge in [0.25, 0.3) is 5.91 Å². The smallest absolute Gasteiger partial charge is 0.265 e. The number of thiophene rings is 1. The van der Waals surface area contributed by atoms with E-state index in [1.807, 2.05) is 37.3 Å². The van der Waals surface area contributed by atoms with Gasteiger partial charge in [0, 0.05) is 5.69 Å². The normalized spacial score (nSPS) is 10.2. The van der Waals surface area contributed by atoms with Crippen molar-refractivity contribution < 1.29 is 9.53 Å². The van der Waals surface area contributed by atoms with Crippen LogP contribution >= 0.6 is 27.3 Å². The van der Waals surface area contributed by atoms with Gasteiger partial charge in [-0.05, 0) is 58.7 Å². The Balaban J connectivity index is 2.10. The second kappa shape index (κ2) is 5.54. The molecule has 0 aliphatic rings. The fourth-order valence-corrected chi connectivity index (χ4v) is 2.87. The molecule has 1 N–H and O–H groups in total. The lowest BCUT2D eigenvalue weighted by molar-refractivity contribution is 0.103. The summed E-state index contributed by atoms with van der Waals surface area (Å²) in [5.74, 6) is 0.668. The first-order valence-electron chi connectivity index (χ1n) is 5.31. The molecule has 94 valence electrons. The summed E-state index contributed by atoms with van der Waals surface area (Å²) in [6.07, 6.45) is 0. The summed E-state index contributed by atoms with van der Waals surface area (Å²) >= 11 is 4.84. The molecule has 0 bridgehead atoms. The molecule has 0 spiro atoms. The van der Waals surface area contributed by atoms with E-state index < -0.39 is 0 Å². The summed E-state index contributed by atoms with van der Waals surface area (Å²) in [6.45, 7) is 1.96. The Hall–Kier alpha value is -1.33. The van der Waals surface area contributed by atoms with Gasteiger partial charge in [-0.15, -0.1) is 11.3 Å². The lowest BCUT2D eigenvalue weighted by Crippen LogP contribution is -2.09. The van der Waals surface area contributed by atoms with Crippen LogP contribution in [0.1, 0.15) is 15.2 Å². The minimum Gasteiger partial charge on any atom is -0.497 e. The second-order valence-electron chi connectivity index (χ2n) is 3.75. The van der Waals surface area contributed by atoms with Gasteiger partial charge >= 0.3 is 0 Å². The molecule has 0 aliphatic carbocycles. The number of ether oxygens (including phenoxy) is 1. The van der Waals surface area contributed by atoms with Crippen LogP contribution in [0.15, 0.2) is 34.1 Å². The Kier molecular flexibility index (Phi) is 4.04. The fourth-order valence-electron chi connectivity index (χ4n) is 1.44. The summed E-state index contributed by atoms with van der Waals surface area (Å²) in [4.78, 5) is 12.7. The average Bonchev–Trinajstić information content (AvgIpc) is 2.71. The number of methoxy groups -OCH3 is 1. The van der Waals surface area contributed by atoms with Crippen LogP contribution in [0.4, 0.5) is 5.69 Å². The summed E-state index contributed by atoms with van der Waals surface area (Å²) in [7, 11) is 1.61. The largest absolute Gasteiger partial charge is 0.497 e. The Morgan fingerprint density at radius 3 is 2.50 bits per heavy atom. The summed E-state index contributed by atoms with van der Waals surface area (Å²) in [6, 6.07) is 9.11. The lowest BCUT2D eigenvalue weighted by atomic mass is 10.3. The molecule has 0 unspecified atom stereocenters. The third kappa shape index (κ3) is 2.91. The molecule has 5 heteroatoms. The number of rotatable bonds is 3. The lowest BCUT2D eigenvalue weighted by Gasteiger charge is -2.04. The van der Waals surface area contributed by atoms with Gasteiger partial charge in [-0.25, -0.2) is 0 Å². The fraction of sp³-hybridized carbons (Fsp3) is 0.154. The molecule has 0 saturated heterocycles. The minimum absolute atomic E-state index is 0.0982. The highest BCUT2D eigenvalue weighted by Gasteiger charge is 2.11. The molecule has 1 aromatic heterocycles. The van der Waals surface area contributed by atoms with Crippen LogP contribution in [-0.2, 0) is 0 Å². The summed E-state index contributed by atoms with van der Waals surface area (Å²) in [5.41, 5.74) is 1.82. The van der Waals surface area contributed by atoms with Crippen LogP contribution in [-0.4, -0.2) is 13.0 Å². The molecule has 0 fully saturated rings. The van der Waals surface area contributed by atoms with E-state index in [0.29, 0.717) is 4.88 Å². The summed E-state index contributed by atoms with van der Waals surface area (Å²) in [5, 5.41) is 2.85. The van der Waals surface area contributed by atoms with E-state index in [9.17, 15) is 4.79 Å². The van der Waals surface area contributed by atoms with Crippen LogP contribution < -0.4 is 10.1 Å². The first kappa shape index (κ1) is 13.1. The molecule has 3 nitrogen and oxygen atoms in total. The number of halogens is 1. The van der Waals surface area contributed by atoms with Crippen molar-refractivity contribution in [2.24, 2.45) is 0 Å². The molecule has 1 aromatic carbocycles. The van der Waals surface area contributed by atoms with Crippen LogP contribution in [0.2, 0.25) is 0 Å². The van der Waals surface area contributed by atoms with Crippen molar-refractivity contribution in [3.05, 3.63) is 44.6 Å². The number of aryl methyl sites for hydroxylation is 1. The Morgan fingerprint density at radius 1 is 1.33 bits per heavy atom. The molecule has 18 heavy (non-hydrogen) atoms. The highest BCUT2D eigenvalue weighted by Crippen LogP contribution is 2.28. The first-order valence-corrected chi connectivity index (χ1v) is 6.92.